The maximum atomic E-state index is 12.3. The number of fused-ring (bicyclic) bond motifs is 1. The summed E-state index contributed by atoms with van der Waals surface area (Å²) in [6.07, 6.45) is 1.91. The lowest BCUT2D eigenvalue weighted by molar-refractivity contribution is -0.127. The van der Waals surface area contributed by atoms with Gasteiger partial charge in [0.25, 0.3) is 0 Å². The van der Waals surface area contributed by atoms with Crippen LogP contribution in [0.1, 0.15) is 30.0 Å². The molecule has 102 valence electrons. The van der Waals surface area contributed by atoms with Gasteiger partial charge in [0, 0.05) is 12.3 Å². The van der Waals surface area contributed by atoms with Crippen molar-refractivity contribution in [1.29, 1.82) is 0 Å². The van der Waals surface area contributed by atoms with Gasteiger partial charge in [-0.1, -0.05) is 24.3 Å². The largest absolute Gasteiger partial charge is 0.390 e. The normalized spacial score (nSPS) is 27.0. The van der Waals surface area contributed by atoms with Crippen LogP contribution in [0.5, 0.6) is 0 Å². The zero-order valence-electron chi connectivity index (χ0n) is 10.9. The fraction of sp³-hybridized carbons (Fsp3) is 0.533. The number of amides is 1. The highest BCUT2D eigenvalue weighted by Gasteiger charge is 2.33. The molecule has 0 aromatic heterocycles. The minimum absolute atomic E-state index is 0.0845. The number of piperidine rings is 1. The Morgan fingerprint density at radius 2 is 2.00 bits per heavy atom. The van der Waals surface area contributed by atoms with Crippen molar-refractivity contribution in [3.63, 3.8) is 0 Å². The van der Waals surface area contributed by atoms with Crippen molar-refractivity contribution >= 4 is 5.91 Å². The molecule has 0 radical (unpaired) electrons. The van der Waals surface area contributed by atoms with Gasteiger partial charge in [0.2, 0.25) is 5.91 Å². The monoisotopic (exact) mass is 260 g/mol. The third kappa shape index (κ3) is 2.51. The molecular formula is C15H20N2O2. The first-order valence-corrected chi connectivity index (χ1v) is 7.02. The quantitative estimate of drug-likeness (QED) is 0.736. The minimum Gasteiger partial charge on any atom is -0.390 e. The third-order valence-electron chi connectivity index (χ3n) is 4.21. The fourth-order valence-corrected chi connectivity index (χ4v) is 3.10. The van der Waals surface area contributed by atoms with E-state index in [9.17, 15) is 9.90 Å². The lowest BCUT2D eigenvalue weighted by atomic mass is 9.96. The minimum atomic E-state index is -0.497. The molecule has 0 saturated carbocycles. The number of aliphatic hydroxyl groups excluding tert-OH is 1. The fourth-order valence-electron chi connectivity index (χ4n) is 3.10. The average Bonchev–Trinajstić information content (AvgIpc) is 2.76. The number of benzene rings is 1. The summed E-state index contributed by atoms with van der Waals surface area (Å²) in [4.78, 5) is 12.3. The third-order valence-corrected chi connectivity index (χ3v) is 4.21. The summed E-state index contributed by atoms with van der Waals surface area (Å²) in [6, 6.07) is 7.72. The molecule has 1 saturated heterocycles. The Morgan fingerprint density at radius 3 is 2.79 bits per heavy atom. The maximum absolute atomic E-state index is 12.3. The zero-order chi connectivity index (χ0) is 13.2. The van der Waals surface area contributed by atoms with Crippen molar-refractivity contribution in [3.8, 4) is 0 Å². The molecular weight excluding hydrogens is 240 g/mol. The van der Waals surface area contributed by atoms with E-state index in [-0.39, 0.29) is 17.9 Å². The van der Waals surface area contributed by atoms with E-state index < -0.39 is 6.10 Å². The highest BCUT2D eigenvalue weighted by molar-refractivity contribution is 5.79. The zero-order valence-corrected chi connectivity index (χ0v) is 10.9. The summed E-state index contributed by atoms with van der Waals surface area (Å²) in [5, 5.41) is 16.4. The van der Waals surface area contributed by atoms with E-state index in [2.05, 4.69) is 10.6 Å². The number of hydrogen-bond acceptors (Lipinski definition) is 3. The Morgan fingerprint density at radius 1 is 1.26 bits per heavy atom. The number of hydrogen-bond donors (Lipinski definition) is 3. The van der Waals surface area contributed by atoms with Crippen LogP contribution in [0, 0.1) is 5.92 Å². The smallest absolute Gasteiger partial charge is 0.223 e. The van der Waals surface area contributed by atoms with Gasteiger partial charge in [0.05, 0.1) is 12.1 Å². The first kappa shape index (κ1) is 12.6. The molecule has 1 heterocycles. The van der Waals surface area contributed by atoms with Crippen LogP contribution in [0.2, 0.25) is 0 Å². The van der Waals surface area contributed by atoms with E-state index in [0.29, 0.717) is 6.42 Å². The van der Waals surface area contributed by atoms with E-state index in [4.69, 9.17) is 0 Å². The van der Waals surface area contributed by atoms with Crippen molar-refractivity contribution in [2.75, 3.05) is 13.1 Å². The molecule has 1 aromatic carbocycles. The van der Waals surface area contributed by atoms with Crippen LogP contribution in [0.4, 0.5) is 0 Å². The summed E-state index contributed by atoms with van der Waals surface area (Å²) < 4.78 is 0. The van der Waals surface area contributed by atoms with Gasteiger partial charge in [-0.3, -0.25) is 4.79 Å². The molecule has 0 unspecified atom stereocenters. The number of nitrogens with one attached hydrogen (secondary N) is 2. The van der Waals surface area contributed by atoms with E-state index in [1.165, 1.54) is 0 Å². The first-order chi connectivity index (χ1) is 9.25. The number of carbonyl (C=O) groups excluding carboxylic acids is 1. The van der Waals surface area contributed by atoms with E-state index >= 15 is 0 Å². The topological polar surface area (TPSA) is 61.4 Å². The Hall–Kier alpha value is -1.39. The summed E-state index contributed by atoms with van der Waals surface area (Å²) in [6.45, 7) is 1.81. The molecule has 4 nitrogen and oxygen atoms in total. The van der Waals surface area contributed by atoms with E-state index in [0.717, 1.165) is 37.1 Å². The molecule has 2 aliphatic rings. The van der Waals surface area contributed by atoms with Gasteiger partial charge < -0.3 is 15.7 Å². The van der Waals surface area contributed by atoms with Crippen LogP contribution in [0.15, 0.2) is 24.3 Å². The molecule has 19 heavy (non-hydrogen) atoms. The molecule has 2 atom stereocenters. The van der Waals surface area contributed by atoms with Crippen LogP contribution in [-0.2, 0) is 11.2 Å². The van der Waals surface area contributed by atoms with Crippen LogP contribution in [0.25, 0.3) is 0 Å². The molecule has 1 aliphatic heterocycles. The summed E-state index contributed by atoms with van der Waals surface area (Å²) >= 11 is 0. The van der Waals surface area contributed by atoms with Crippen LogP contribution >= 0.6 is 0 Å². The Balaban J connectivity index is 1.71. The summed E-state index contributed by atoms with van der Waals surface area (Å²) in [5.74, 6) is 0.170. The molecule has 4 heteroatoms. The Bertz CT molecular complexity index is 469. The van der Waals surface area contributed by atoms with Gasteiger partial charge in [-0.15, -0.1) is 0 Å². The highest BCUT2D eigenvalue weighted by atomic mass is 16.3. The van der Waals surface area contributed by atoms with E-state index in [1.54, 1.807) is 0 Å². The second-order valence-corrected chi connectivity index (χ2v) is 5.48. The van der Waals surface area contributed by atoms with Crippen molar-refractivity contribution < 1.29 is 9.90 Å². The summed E-state index contributed by atoms with van der Waals surface area (Å²) in [5.41, 5.74) is 2.21. The predicted octanol–water partition coefficient (Wildman–Crippen LogP) is 0.760. The second-order valence-electron chi connectivity index (χ2n) is 5.48. The van der Waals surface area contributed by atoms with Crippen LogP contribution in [-0.4, -0.2) is 30.2 Å². The molecule has 0 bridgehead atoms. The molecule has 1 fully saturated rings. The molecule has 3 rings (SSSR count). The number of carbonyl (C=O) groups is 1. The van der Waals surface area contributed by atoms with E-state index in [1.807, 2.05) is 24.3 Å². The standard InChI is InChI=1S/C15H20N2O2/c18-13-9-11-3-1-2-4-12(11)14(13)17-15(19)10-5-7-16-8-6-10/h1-4,10,13-14,16,18H,5-9H2,(H,17,19)/t13-,14+/m0/s1. The Kier molecular flexibility index (Phi) is 3.53. The highest BCUT2D eigenvalue weighted by Crippen LogP contribution is 2.31. The van der Waals surface area contributed by atoms with Crippen LogP contribution in [0.3, 0.4) is 0 Å². The van der Waals surface area contributed by atoms with Gasteiger partial charge >= 0.3 is 0 Å². The van der Waals surface area contributed by atoms with Gasteiger partial charge in [-0.05, 0) is 37.1 Å². The predicted molar refractivity (Wildman–Crippen MR) is 72.6 cm³/mol. The van der Waals surface area contributed by atoms with Crippen molar-refractivity contribution in [3.05, 3.63) is 35.4 Å². The lowest BCUT2D eigenvalue weighted by Gasteiger charge is -2.25. The van der Waals surface area contributed by atoms with Gasteiger partial charge in [-0.2, -0.15) is 0 Å². The SMILES string of the molecule is O=C(N[C@@H]1c2ccccc2C[C@@H]1O)C1CCNCC1. The van der Waals surface area contributed by atoms with Gasteiger partial charge in [0.15, 0.2) is 0 Å². The maximum Gasteiger partial charge on any atom is 0.223 e. The van der Waals surface area contributed by atoms with Crippen molar-refractivity contribution in [2.45, 2.75) is 31.4 Å². The van der Waals surface area contributed by atoms with Crippen LogP contribution < -0.4 is 10.6 Å². The van der Waals surface area contributed by atoms with Crippen molar-refractivity contribution in [2.24, 2.45) is 5.92 Å². The molecule has 1 aromatic rings. The molecule has 3 N–H and O–H groups in total. The first-order valence-electron chi connectivity index (χ1n) is 7.02. The molecule has 1 aliphatic carbocycles. The number of aliphatic hydroxyl groups is 1. The van der Waals surface area contributed by atoms with Gasteiger partial charge in [-0.25, -0.2) is 0 Å². The van der Waals surface area contributed by atoms with Crippen molar-refractivity contribution in [1.82, 2.24) is 10.6 Å². The number of rotatable bonds is 2. The molecule has 1 amide bonds. The molecule has 0 spiro atoms. The summed E-state index contributed by atoms with van der Waals surface area (Å²) in [7, 11) is 0. The Labute approximate surface area is 113 Å². The average molecular weight is 260 g/mol. The second kappa shape index (κ2) is 5.31. The van der Waals surface area contributed by atoms with Gasteiger partial charge in [0.1, 0.15) is 0 Å². The lowest BCUT2D eigenvalue weighted by Crippen LogP contribution is -2.41.